The van der Waals surface area contributed by atoms with Gasteiger partial charge >= 0.3 is 0 Å². The van der Waals surface area contributed by atoms with E-state index in [4.69, 9.17) is 9.15 Å². The number of hydrogen-bond donors (Lipinski definition) is 0. The van der Waals surface area contributed by atoms with Crippen LogP contribution in [0.5, 0.6) is 11.5 Å². The van der Waals surface area contributed by atoms with Gasteiger partial charge in [-0.3, -0.25) is 0 Å². The number of furan rings is 1. The summed E-state index contributed by atoms with van der Waals surface area (Å²) in [6, 6.07) is 76.8. The Morgan fingerprint density at radius 1 is 0.333 bits per heavy atom. The number of hydrogen-bond acceptors (Lipinski definition) is 3. The third-order valence-corrected chi connectivity index (χ3v) is 12.9. The van der Waals surface area contributed by atoms with Crippen LogP contribution in [-0.4, -0.2) is 0 Å². The van der Waals surface area contributed by atoms with Crippen LogP contribution in [-0.2, 0) is 5.41 Å². The highest BCUT2D eigenvalue weighted by Crippen LogP contribution is 2.64. The van der Waals surface area contributed by atoms with Crippen LogP contribution in [0.3, 0.4) is 0 Å². The number of nitrogens with zero attached hydrogens (tertiary/aromatic N) is 1. The summed E-state index contributed by atoms with van der Waals surface area (Å²) in [6.07, 6.45) is 0. The molecule has 0 N–H and O–H groups in total. The van der Waals surface area contributed by atoms with E-state index in [2.05, 4.69) is 205 Å². The molecular formula is C57H35NO2. The van der Waals surface area contributed by atoms with Crippen molar-refractivity contribution in [2.24, 2.45) is 0 Å². The molecule has 1 aliphatic heterocycles. The summed E-state index contributed by atoms with van der Waals surface area (Å²) in [5.41, 5.74) is 13.8. The van der Waals surface area contributed by atoms with Crippen molar-refractivity contribution in [1.82, 2.24) is 0 Å². The van der Waals surface area contributed by atoms with Crippen molar-refractivity contribution in [2.45, 2.75) is 5.41 Å². The van der Waals surface area contributed by atoms with Gasteiger partial charge in [0.2, 0.25) is 0 Å². The molecule has 10 aromatic carbocycles. The fraction of sp³-hybridized carbons (Fsp3) is 0.0175. The number of para-hydroxylation sites is 1. The average molecular weight is 766 g/mol. The summed E-state index contributed by atoms with van der Waals surface area (Å²) in [4.78, 5) is 2.39. The Morgan fingerprint density at radius 3 is 1.70 bits per heavy atom. The molecule has 11 aromatic rings. The fourth-order valence-electron chi connectivity index (χ4n) is 10.3. The molecule has 0 saturated heterocycles. The van der Waals surface area contributed by atoms with E-state index in [1.807, 2.05) is 12.1 Å². The highest BCUT2D eigenvalue weighted by Gasteiger charge is 2.52. The minimum Gasteiger partial charge on any atom is -0.456 e. The quantitative estimate of drug-likeness (QED) is 0.178. The molecule has 0 bridgehead atoms. The van der Waals surface area contributed by atoms with Gasteiger partial charge < -0.3 is 14.1 Å². The van der Waals surface area contributed by atoms with Gasteiger partial charge in [0.1, 0.15) is 22.7 Å². The molecule has 3 nitrogen and oxygen atoms in total. The summed E-state index contributed by atoms with van der Waals surface area (Å²) >= 11 is 0. The van der Waals surface area contributed by atoms with Crippen LogP contribution in [0.2, 0.25) is 0 Å². The highest BCUT2D eigenvalue weighted by atomic mass is 16.5. The Balaban J connectivity index is 1.11. The first kappa shape index (κ1) is 33.1. The molecule has 1 aliphatic carbocycles. The molecule has 0 unspecified atom stereocenters. The maximum absolute atomic E-state index is 7.24. The summed E-state index contributed by atoms with van der Waals surface area (Å²) < 4.78 is 13.8. The second-order valence-corrected chi connectivity index (χ2v) is 16.0. The third kappa shape index (κ3) is 4.60. The molecule has 3 heteroatoms. The van der Waals surface area contributed by atoms with Crippen LogP contribution in [0.1, 0.15) is 22.3 Å². The number of fused-ring (bicyclic) bond motifs is 16. The maximum atomic E-state index is 7.24. The summed E-state index contributed by atoms with van der Waals surface area (Å²) in [6.45, 7) is 0. The van der Waals surface area contributed by atoms with Crippen molar-refractivity contribution in [3.8, 4) is 33.8 Å². The Hall–Kier alpha value is -7.88. The molecule has 0 radical (unpaired) electrons. The SMILES string of the molecule is c1ccc(-c2cccc(N(c3ccc4c(c3)C3(c5ccccc5-4)c4ccc5ccccc5c4Oc4c3ccc3ccccc43)c3ccc4c(c3)oc3ccccc34)c2)cc1. The largest absolute Gasteiger partial charge is 0.456 e. The first-order chi connectivity index (χ1) is 29.7. The number of benzene rings is 10. The van der Waals surface area contributed by atoms with E-state index in [0.29, 0.717) is 0 Å². The lowest BCUT2D eigenvalue weighted by molar-refractivity contribution is 0.447. The Kier molecular flexibility index (Phi) is 6.93. The standard InChI is InChI=1S/C57H35NO2/c1-2-13-36(14-3-1)39-17-12-18-40(33-39)58(42-28-30-48-47-22-9-11-24-53(47)59-54(48)35-42)41-27-29-46-45-21-8-10-23-49(45)57(52(46)34-41)50-31-25-37-15-4-6-19-43(37)55(50)60-56-44-20-7-5-16-38(44)26-32-51(56)57/h1-35H. The van der Waals surface area contributed by atoms with E-state index in [9.17, 15) is 0 Å². The van der Waals surface area contributed by atoms with Crippen LogP contribution in [0.25, 0.3) is 65.7 Å². The summed E-state index contributed by atoms with van der Waals surface area (Å²) in [7, 11) is 0. The first-order valence-electron chi connectivity index (χ1n) is 20.6. The van der Waals surface area contributed by atoms with E-state index >= 15 is 0 Å². The van der Waals surface area contributed by atoms with Crippen molar-refractivity contribution >= 4 is 60.5 Å². The van der Waals surface area contributed by atoms with E-state index in [-0.39, 0.29) is 0 Å². The Morgan fingerprint density at radius 2 is 0.917 bits per heavy atom. The number of rotatable bonds is 4. The van der Waals surface area contributed by atoms with E-state index in [1.165, 1.54) is 27.8 Å². The van der Waals surface area contributed by atoms with Crippen LogP contribution >= 0.6 is 0 Å². The van der Waals surface area contributed by atoms with Gasteiger partial charge in [-0.15, -0.1) is 0 Å². The van der Waals surface area contributed by atoms with Gasteiger partial charge in [-0.05, 0) is 86.6 Å². The fourth-order valence-corrected chi connectivity index (χ4v) is 10.3. The van der Waals surface area contributed by atoms with Crippen LogP contribution in [0.15, 0.2) is 217 Å². The smallest absolute Gasteiger partial charge is 0.140 e. The molecule has 280 valence electrons. The van der Waals surface area contributed by atoms with Gasteiger partial charge in [0, 0.05) is 55.8 Å². The van der Waals surface area contributed by atoms with Gasteiger partial charge in [0.15, 0.2) is 0 Å². The zero-order valence-electron chi connectivity index (χ0n) is 32.5. The summed E-state index contributed by atoms with van der Waals surface area (Å²) in [5.74, 6) is 1.82. The molecule has 60 heavy (non-hydrogen) atoms. The summed E-state index contributed by atoms with van der Waals surface area (Å²) in [5, 5.41) is 6.74. The average Bonchev–Trinajstić information content (AvgIpc) is 3.82. The lowest BCUT2D eigenvalue weighted by Crippen LogP contribution is -2.32. The minimum absolute atomic E-state index is 0.667. The lowest BCUT2D eigenvalue weighted by Gasteiger charge is -2.40. The first-order valence-corrected chi connectivity index (χ1v) is 20.6. The second-order valence-electron chi connectivity index (χ2n) is 16.0. The molecule has 1 aromatic heterocycles. The zero-order valence-corrected chi connectivity index (χ0v) is 32.5. The van der Waals surface area contributed by atoms with Gasteiger partial charge in [-0.2, -0.15) is 0 Å². The molecule has 2 heterocycles. The topological polar surface area (TPSA) is 25.6 Å². The predicted molar refractivity (Wildman–Crippen MR) is 246 cm³/mol. The molecule has 0 fully saturated rings. The molecule has 0 amide bonds. The maximum Gasteiger partial charge on any atom is 0.140 e. The van der Waals surface area contributed by atoms with Crippen LogP contribution < -0.4 is 9.64 Å². The number of anilines is 3. The molecule has 0 saturated carbocycles. The van der Waals surface area contributed by atoms with Gasteiger partial charge in [-0.1, -0.05) is 164 Å². The van der Waals surface area contributed by atoms with Crippen molar-refractivity contribution in [2.75, 3.05) is 4.90 Å². The van der Waals surface area contributed by atoms with Crippen LogP contribution in [0.4, 0.5) is 17.1 Å². The van der Waals surface area contributed by atoms with E-state index < -0.39 is 5.41 Å². The van der Waals surface area contributed by atoms with Crippen molar-refractivity contribution in [3.63, 3.8) is 0 Å². The monoisotopic (exact) mass is 765 g/mol. The van der Waals surface area contributed by atoms with E-state index in [1.54, 1.807) is 0 Å². The molecular weight excluding hydrogens is 731 g/mol. The minimum atomic E-state index is -0.667. The molecule has 2 aliphatic rings. The van der Waals surface area contributed by atoms with Gasteiger partial charge in [0.05, 0.1) is 5.41 Å². The molecule has 13 rings (SSSR count). The number of ether oxygens (including phenoxy) is 1. The Labute approximate surface area is 347 Å². The van der Waals surface area contributed by atoms with E-state index in [0.717, 1.165) is 88.7 Å². The molecule has 1 spiro atoms. The lowest BCUT2D eigenvalue weighted by atomic mass is 9.65. The van der Waals surface area contributed by atoms with Gasteiger partial charge in [0.25, 0.3) is 0 Å². The van der Waals surface area contributed by atoms with Crippen LogP contribution in [0, 0.1) is 0 Å². The van der Waals surface area contributed by atoms with Crippen molar-refractivity contribution < 1.29 is 9.15 Å². The zero-order chi connectivity index (χ0) is 39.4. The van der Waals surface area contributed by atoms with Crippen molar-refractivity contribution in [3.05, 3.63) is 235 Å². The third-order valence-electron chi connectivity index (χ3n) is 12.9. The van der Waals surface area contributed by atoms with Crippen molar-refractivity contribution in [1.29, 1.82) is 0 Å². The highest BCUT2D eigenvalue weighted by molar-refractivity contribution is 6.06. The normalized spacial score (nSPS) is 13.3. The molecule has 0 atom stereocenters. The predicted octanol–water partition coefficient (Wildman–Crippen LogP) is 15.5. The Bertz CT molecular complexity index is 3460. The second kappa shape index (κ2) is 12.6. The van der Waals surface area contributed by atoms with Gasteiger partial charge in [-0.25, -0.2) is 0 Å².